The number of amidine groups is 2. The van der Waals surface area contributed by atoms with Gasteiger partial charge in [-0.25, -0.2) is 9.98 Å². The fraction of sp³-hybridized carbons (Fsp3) is 0.179. The van der Waals surface area contributed by atoms with E-state index in [0.717, 1.165) is 40.9 Å². The zero-order chi connectivity index (χ0) is 28.7. The number of anilines is 1. The van der Waals surface area contributed by atoms with Crippen LogP contribution in [-0.2, 0) is 11.2 Å². The molecule has 1 heterocycles. The number of nitrogens with zero attached hydrogens (tertiary/aromatic N) is 5. The number of carbonyl (C=O) groups excluding carboxylic acids is 1. The van der Waals surface area contributed by atoms with E-state index in [2.05, 4.69) is 24.9 Å². The van der Waals surface area contributed by atoms with E-state index in [1.54, 1.807) is 35.4 Å². The molecular formula is C28H25F3N6O2S. The molecule has 2 N–H and O–H groups in total. The Morgan fingerprint density at radius 1 is 1.10 bits per heavy atom. The molecule has 0 spiro atoms. The first-order valence-electron chi connectivity index (χ1n) is 12.1. The number of aryl methyl sites for hydroxylation is 2. The highest BCUT2D eigenvalue weighted by atomic mass is 32.2. The third kappa shape index (κ3) is 7.35. The Morgan fingerprint density at radius 2 is 1.82 bits per heavy atom. The molecule has 0 unspecified atom stereocenters. The number of nitrogens with two attached hydrogens (primary N) is 1. The van der Waals surface area contributed by atoms with Gasteiger partial charge in [-0.3, -0.25) is 9.69 Å². The molecule has 1 amide bonds. The minimum Gasteiger partial charge on any atom is -0.406 e. The largest absolute Gasteiger partial charge is 0.573 e. The predicted octanol–water partition coefficient (Wildman–Crippen LogP) is 5.99. The van der Waals surface area contributed by atoms with E-state index in [1.807, 2.05) is 32.0 Å². The lowest BCUT2D eigenvalue weighted by atomic mass is 10.0. The molecule has 1 saturated heterocycles. The number of hydrogen-bond acceptors (Lipinski definition) is 6. The molecule has 1 fully saturated rings. The zero-order valence-electron chi connectivity index (χ0n) is 21.6. The lowest BCUT2D eigenvalue weighted by molar-refractivity contribution is -0.274. The monoisotopic (exact) mass is 566 g/mol. The first kappa shape index (κ1) is 28.6. The topological polar surface area (TPSA) is 105 Å². The number of para-hydroxylation sites is 1. The SMILES string of the molecule is CCc1cccc(C)c1N1C(=O)CS/C1=N\N=C\c1ccc(C(N)=NC=Nc2ccc(OC(F)(F)F)cc2)cc1. The van der Waals surface area contributed by atoms with Crippen molar-refractivity contribution in [3.63, 3.8) is 0 Å². The average Bonchev–Trinajstić information content (AvgIpc) is 3.28. The van der Waals surface area contributed by atoms with Crippen molar-refractivity contribution < 1.29 is 22.7 Å². The van der Waals surface area contributed by atoms with Crippen molar-refractivity contribution in [1.29, 1.82) is 0 Å². The third-order valence-electron chi connectivity index (χ3n) is 5.72. The van der Waals surface area contributed by atoms with E-state index in [1.165, 1.54) is 30.2 Å². The summed E-state index contributed by atoms with van der Waals surface area (Å²) in [6.45, 7) is 4.02. The maximum absolute atomic E-state index is 12.7. The molecule has 0 radical (unpaired) electrons. The van der Waals surface area contributed by atoms with Gasteiger partial charge < -0.3 is 10.5 Å². The summed E-state index contributed by atoms with van der Waals surface area (Å²) >= 11 is 1.35. The summed E-state index contributed by atoms with van der Waals surface area (Å²) in [6.07, 6.45) is -1.17. The second-order valence-corrected chi connectivity index (χ2v) is 9.45. The molecule has 3 aromatic rings. The molecule has 0 aromatic heterocycles. The van der Waals surface area contributed by atoms with Gasteiger partial charge in [-0.15, -0.1) is 18.3 Å². The van der Waals surface area contributed by atoms with Gasteiger partial charge in [0.2, 0.25) is 5.91 Å². The Labute approximate surface area is 233 Å². The van der Waals surface area contributed by atoms with Gasteiger partial charge in [0.15, 0.2) is 5.17 Å². The minimum absolute atomic E-state index is 0.0295. The molecule has 1 aliphatic rings. The molecule has 0 bridgehead atoms. The van der Waals surface area contributed by atoms with Crippen LogP contribution in [0, 0.1) is 6.92 Å². The van der Waals surface area contributed by atoms with Crippen LogP contribution >= 0.6 is 11.8 Å². The molecule has 0 saturated carbocycles. The number of halogens is 3. The molecule has 8 nitrogen and oxygen atoms in total. The summed E-state index contributed by atoms with van der Waals surface area (Å²) in [5.74, 6) is 0.138. The average molecular weight is 567 g/mol. The highest BCUT2D eigenvalue weighted by Gasteiger charge is 2.32. The van der Waals surface area contributed by atoms with Gasteiger partial charge in [0.1, 0.15) is 17.9 Å². The highest BCUT2D eigenvalue weighted by molar-refractivity contribution is 8.15. The summed E-state index contributed by atoms with van der Waals surface area (Å²) in [5, 5.41) is 9.04. The highest BCUT2D eigenvalue weighted by Crippen LogP contribution is 2.33. The number of alkyl halides is 3. The maximum Gasteiger partial charge on any atom is 0.573 e. The summed E-state index contributed by atoms with van der Waals surface area (Å²) in [4.78, 5) is 22.4. The van der Waals surface area contributed by atoms with Crippen molar-refractivity contribution in [1.82, 2.24) is 0 Å². The minimum atomic E-state index is -4.75. The zero-order valence-corrected chi connectivity index (χ0v) is 22.4. The van der Waals surface area contributed by atoms with E-state index in [4.69, 9.17) is 5.73 Å². The van der Waals surface area contributed by atoms with E-state index in [0.29, 0.717) is 22.2 Å². The van der Waals surface area contributed by atoms with Crippen LogP contribution in [0.1, 0.15) is 29.2 Å². The summed E-state index contributed by atoms with van der Waals surface area (Å²) in [6, 6.07) is 18.1. The molecule has 206 valence electrons. The number of benzene rings is 3. The van der Waals surface area contributed by atoms with E-state index in [-0.39, 0.29) is 17.5 Å². The van der Waals surface area contributed by atoms with Crippen molar-refractivity contribution in [2.45, 2.75) is 26.6 Å². The lowest BCUT2D eigenvalue weighted by Crippen LogP contribution is -2.30. The van der Waals surface area contributed by atoms with Crippen molar-refractivity contribution in [3.8, 4) is 5.75 Å². The first-order valence-corrected chi connectivity index (χ1v) is 13.1. The standard InChI is InChI=1S/C28H25F3N6O2S/c1-3-20-6-4-5-18(2)25(20)37-24(38)16-40-27(37)36-35-15-19-7-9-21(10-8-19)26(32)34-17-33-22-11-13-23(14-12-22)39-28(29,30)31/h4-15,17H,3,16H2,1-2H3,(H2,32,33,34)/b35-15+,36-27-. The number of rotatable bonds is 8. The van der Waals surface area contributed by atoms with Crippen LogP contribution in [0.15, 0.2) is 86.9 Å². The number of hydrogen-bond donors (Lipinski definition) is 1. The van der Waals surface area contributed by atoms with Gasteiger partial charge in [-0.05, 0) is 54.3 Å². The van der Waals surface area contributed by atoms with Crippen molar-refractivity contribution in [2.24, 2.45) is 25.9 Å². The van der Waals surface area contributed by atoms with E-state index < -0.39 is 6.36 Å². The Kier molecular flexibility index (Phi) is 9.00. The van der Waals surface area contributed by atoms with Crippen molar-refractivity contribution >= 4 is 52.6 Å². The second-order valence-electron chi connectivity index (χ2n) is 8.50. The van der Waals surface area contributed by atoms with Gasteiger partial charge in [-0.2, -0.15) is 5.10 Å². The number of ether oxygens (including phenoxy) is 1. The van der Waals surface area contributed by atoms with Gasteiger partial charge in [0.05, 0.1) is 23.3 Å². The van der Waals surface area contributed by atoms with Crippen LogP contribution in [-0.4, -0.2) is 41.6 Å². The molecule has 0 atom stereocenters. The molecule has 40 heavy (non-hydrogen) atoms. The van der Waals surface area contributed by atoms with Crippen molar-refractivity contribution in [3.05, 3.63) is 89.0 Å². The number of thioether (sulfide) groups is 1. The summed E-state index contributed by atoms with van der Waals surface area (Å²) < 4.78 is 40.6. The number of carbonyl (C=O) groups is 1. The molecular weight excluding hydrogens is 541 g/mol. The summed E-state index contributed by atoms with van der Waals surface area (Å²) in [5.41, 5.74) is 10.7. The van der Waals surface area contributed by atoms with Gasteiger partial charge >= 0.3 is 6.36 Å². The van der Waals surface area contributed by atoms with E-state index in [9.17, 15) is 18.0 Å². The number of amides is 1. The van der Waals surface area contributed by atoms with Crippen LogP contribution in [0.25, 0.3) is 0 Å². The Balaban J connectivity index is 1.40. The molecule has 4 rings (SSSR count). The molecule has 3 aromatic carbocycles. The van der Waals surface area contributed by atoms with Crippen LogP contribution in [0.3, 0.4) is 0 Å². The molecule has 12 heteroatoms. The van der Waals surface area contributed by atoms with Gasteiger partial charge in [0.25, 0.3) is 0 Å². The Bertz CT molecular complexity index is 1480. The lowest BCUT2D eigenvalue weighted by Gasteiger charge is -2.21. The quantitative estimate of drug-likeness (QED) is 0.205. The fourth-order valence-electron chi connectivity index (χ4n) is 3.83. The van der Waals surface area contributed by atoms with Gasteiger partial charge in [-0.1, -0.05) is 61.2 Å². The molecule has 1 aliphatic heterocycles. The van der Waals surface area contributed by atoms with E-state index >= 15 is 0 Å². The third-order valence-corrected chi connectivity index (χ3v) is 6.64. The Hall–Kier alpha value is -4.45. The van der Waals surface area contributed by atoms with Crippen LogP contribution in [0.4, 0.5) is 24.5 Å². The fourth-order valence-corrected chi connectivity index (χ4v) is 4.64. The van der Waals surface area contributed by atoms with Crippen LogP contribution < -0.4 is 15.4 Å². The predicted molar refractivity (Wildman–Crippen MR) is 154 cm³/mol. The van der Waals surface area contributed by atoms with Crippen molar-refractivity contribution in [2.75, 3.05) is 10.7 Å². The first-order chi connectivity index (χ1) is 19.1. The van der Waals surface area contributed by atoms with Crippen LogP contribution in [0.2, 0.25) is 0 Å². The smallest absolute Gasteiger partial charge is 0.406 e. The maximum atomic E-state index is 12.7. The molecule has 0 aliphatic carbocycles. The Morgan fingerprint density at radius 3 is 2.50 bits per heavy atom. The van der Waals surface area contributed by atoms with Gasteiger partial charge in [0, 0.05) is 5.56 Å². The summed E-state index contributed by atoms with van der Waals surface area (Å²) in [7, 11) is 0. The normalized spacial score (nSPS) is 15.6. The number of aliphatic imine (C=N–C) groups is 2. The second kappa shape index (κ2) is 12.6. The van der Waals surface area contributed by atoms with Crippen LogP contribution in [0.5, 0.6) is 5.75 Å².